The van der Waals surface area contributed by atoms with Crippen LogP contribution in [0.4, 0.5) is 0 Å². The molecule has 0 saturated heterocycles. The highest BCUT2D eigenvalue weighted by Crippen LogP contribution is 2.29. The molecule has 3 heterocycles. The van der Waals surface area contributed by atoms with Gasteiger partial charge < -0.3 is 0 Å². The second-order valence-corrected chi connectivity index (χ2v) is 6.97. The Morgan fingerprint density at radius 3 is 2.67 bits per heavy atom. The summed E-state index contributed by atoms with van der Waals surface area (Å²) in [6.45, 7) is 2.03. The molecular formula is C20H16Cl2N4O. The molecule has 1 aromatic carbocycles. The highest BCUT2D eigenvalue weighted by atomic mass is 35.5. The van der Waals surface area contributed by atoms with Gasteiger partial charge in [-0.05, 0) is 30.2 Å². The Bertz CT molecular complexity index is 1180. The van der Waals surface area contributed by atoms with Crippen LogP contribution < -0.4 is 5.56 Å². The van der Waals surface area contributed by atoms with E-state index >= 15 is 0 Å². The van der Waals surface area contributed by atoms with Crippen LogP contribution in [0.3, 0.4) is 0 Å². The fourth-order valence-corrected chi connectivity index (χ4v) is 3.54. The molecule has 0 amide bonds. The number of benzene rings is 1. The topological polar surface area (TPSA) is 63.0 Å². The van der Waals surface area contributed by atoms with E-state index in [1.54, 1.807) is 18.5 Å². The van der Waals surface area contributed by atoms with Crippen molar-refractivity contribution in [3.05, 3.63) is 86.0 Å². The Balaban J connectivity index is 1.92. The van der Waals surface area contributed by atoms with Crippen LogP contribution in [-0.2, 0) is 12.8 Å². The van der Waals surface area contributed by atoms with E-state index in [9.17, 15) is 4.79 Å². The molecular weight excluding hydrogens is 383 g/mol. The minimum Gasteiger partial charge on any atom is -0.293 e. The molecule has 4 rings (SSSR count). The van der Waals surface area contributed by atoms with Gasteiger partial charge in [-0.25, -0.2) is 9.50 Å². The highest BCUT2D eigenvalue weighted by molar-refractivity contribution is 6.42. The third-order valence-electron chi connectivity index (χ3n) is 4.53. The van der Waals surface area contributed by atoms with Crippen molar-refractivity contribution in [3.63, 3.8) is 0 Å². The van der Waals surface area contributed by atoms with E-state index in [-0.39, 0.29) is 5.56 Å². The molecule has 0 radical (unpaired) electrons. The van der Waals surface area contributed by atoms with Gasteiger partial charge in [-0.1, -0.05) is 42.3 Å². The molecule has 3 aromatic heterocycles. The number of halogens is 2. The van der Waals surface area contributed by atoms with E-state index < -0.39 is 0 Å². The average molecular weight is 399 g/mol. The number of pyridine rings is 1. The summed E-state index contributed by atoms with van der Waals surface area (Å²) in [6.07, 6.45) is 4.63. The van der Waals surface area contributed by atoms with Crippen LogP contribution in [0.25, 0.3) is 16.9 Å². The standard InChI is InChI=1S/C20H16Cl2N4O/c1-2-16-14(10-13-4-3-5-15(21)19(13)22)20-24-17(11-18(27)26(20)25-16)12-6-8-23-9-7-12/h3-9,11,25H,2,10H2,1H3. The van der Waals surface area contributed by atoms with Crippen LogP contribution in [0.1, 0.15) is 23.7 Å². The Hall–Kier alpha value is -2.63. The number of hydrogen-bond acceptors (Lipinski definition) is 3. The molecule has 0 aliphatic carbocycles. The smallest absolute Gasteiger partial charge is 0.273 e. The zero-order valence-corrected chi connectivity index (χ0v) is 16.1. The van der Waals surface area contributed by atoms with E-state index in [0.29, 0.717) is 27.8 Å². The number of nitrogens with one attached hydrogen (secondary N) is 1. The van der Waals surface area contributed by atoms with Crippen LogP contribution in [0.15, 0.2) is 53.6 Å². The number of nitrogens with zero attached hydrogens (tertiary/aromatic N) is 3. The normalized spacial score (nSPS) is 11.2. The van der Waals surface area contributed by atoms with Crippen molar-refractivity contribution in [3.8, 4) is 11.3 Å². The third-order valence-corrected chi connectivity index (χ3v) is 5.39. The Kier molecular flexibility index (Phi) is 4.72. The van der Waals surface area contributed by atoms with E-state index in [0.717, 1.165) is 28.8 Å². The third kappa shape index (κ3) is 3.24. The maximum absolute atomic E-state index is 12.7. The summed E-state index contributed by atoms with van der Waals surface area (Å²) in [4.78, 5) is 21.4. The van der Waals surface area contributed by atoms with Gasteiger partial charge in [0.15, 0.2) is 5.65 Å². The Morgan fingerprint density at radius 2 is 1.93 bits per heavy atom. The Labute approximate surface area is 165 Å². The first-order valence-electron chi connectivity index (χ1n) is 8.55. The number of aromatic amines is 1. The second-order valence-electron chi connectivity index (χ2n) is 6.19. The van der Waals surface area contributed by atoms with Crippen molar-refractivity contribution in [2.24, 2.45) is 0 Å². The molecule has 27 heavy (non-hydrogen) atoms. The fraction of sp³-hybridized carbons (Fsp3) is 0.150. The zero-order chi connectivity index (χ0) is 19.0. The van der Waals surface area contributed by atoms with Gasteiger partial charge in [0.25, 0.3) is 5.56 Å². The molecule has 0 spiro atoms. The molecule has 136 valence electrons. The lowest BCUT2D eigenvalue weighted by Gasteiger charge is -2.07. The summed E-state index contributed by atoms with van der Waals surface area (Å²) < 4.78 is 1.48. The van der Waals surface area contributed by atoms with E-state index in [1.165, 1.54) is 10.6 Å². The van der Waals surface area contributed by atoms with E-state index in [1.807, 2.05) is 31.2 Å². The summed E-state index contributed by atoms with van der Waals surface area (Å²) in [5.41, 5.74) is 4.67. The summed E-state index contributed by atoms with van der Waals surface area (Å²) in [7, 11) is 0. The number of aryl methyl sites for hydroxylation is 1. The van der Waals surface area contributed by atoms with Crippen LogP contribution in [0, 0.1) is 0 Å². The number of aromatic nitrogens is 4. The zero-order valence-electron chi connectivity index (χ0n) is 14.5. The van der Waals surface area contributed by atoms with Gasteiger partial charge in [0.1, 0.15) is 0 Å². The number of H-pyrrole nitrogens is 1. The van der Waals surface area contributed by atoms with Gasteiger partial charge in [-0.15, -0.1) is 0 Å². The van der Waals surface area contributed by atoms with Crippen molar-refractivity contribution in [2.75, 3.05) is 0 Å². The Morgan fingerprint density at radius 1 is 1.15 bits per heavy atom. The summed E-state index contributed by atoms with van der Waals surface area (Å²) in [6, 6.07) is 10.7. The van der Waals surface area contributed by atoms with Gasteiger partial charge in [0.2, 0.25) is 0 Å². The molecule has 0 bridgehead atoms. The second kappa shape index (κ2) is 7.18. The van der Waals surface area contributed by atoms with Crippen molar-refractivity contribution in [2.45, 2.75) is 19.8 Å². The van der Waals surface area contributed by atoms with Crippen LogP contribution in [0.2, 0.25) is 10.0 Å². The van der Waals surface area contributed by atoms with Gasteiger partial charge in [0, 0.05) is 41.7 Å². The molecule has 0 atom stereocenters. The maximum atomic E-state index is 12.7. The predicted molar refractivity (Wildman–Crippen MR) is 108 cm³/mol. The molecule has 0 fully saturated rings. The van der Waals surface area contributed by atoms with Gasteiger partial charge in [0.05, 0.1) is 15.7 Å². The molecule has 4 aromatic rings. The minimum atomic E-state index is -0.162. The van der Waals surface area contributed by atoms with Crippen molar-refractivity contribution in [1.29, 1.82) is 0 Å². The lowest BCUT2D eigenvalue weighted by Crippen LogP contribution is -2.14. The summed E-state index contributed by atoms with van der Waals surface area (Å²) >= 11 is 12.5. The largest absolute Gasteiger partial charge is 0.293 e. The fourth-order valence-electron chi connectivity index (χ4n) is 3.15. The summed E-state index contributed by atoms with van der Waals surface area (Å²) in [5.74, 6) is 0. The first-order valence-corrected chi connectivity index (χ1v) is 9.31. The van der Waals surface area contributed by atoms with Crippen LogP contribution in [-0.4, -0.2) is 19.6 Å². The van der Waals surface area contributed by atoms with Gasteiger partial charge >= 0.3 is 0 Å². The molecule has 1 N–H and O–H groups in total. The molecule has 0 saturated carbocycles. The SMILES string of the molecule is CCc1[nH]n2c(=O)cc(-c3ccncc3)nc2c1Cc1cccc(Cl)c1Cl. The van der Waals surface area contributed by atoms with E-state index in [4.69, 9.17) is 28.2 Å². The minimum absolute atomic E-state index is 0.162. The molecule has 0 aliphatic rings. The molecule has 5 nitrogen and oxygen atoms in total. The number of rotatable bonds is 4. The first kappa shape index (κ1) is 17.8. The average Bonchev–Trinajstić information content (AvgIpc) is 3.04. The van der Waals surface area contributed by atoms with Crippen LogP contribution >= 0.6 is 23.2 Å². The molecule has 0 aliphatic heterocycles. The van der Waals surface area contributed by atoms with Crippen molar-refractivity contribution >= 4 is 28.8 Å². The van der Waals surface area contributed by atoms with Crippen molar-refractivity contribution in [1.82, 2.24) is 19.6 Å². The maximum Gasteiger partial charge on any atom is 0.273 e. The predicted octanol–water partition coefficient (Wildman–Crippen LogP) is 4.54. The lowest BCUT2D eigenvalue weighted by atomic mass is 10.0. The van der Waals surface area contributed by atoms with Gasteiger partial charge in [-0.3, -0.25) is 14.9 Å². The lowest BCUT2D eigenvalue weighted by molar-refractivity contribution is 0.857. The quantitative estimate of drug-likeness (QED) is 0.548. The first-order chi connectivity index (χ1) is 13.1. The number of fused-ring (bicyclic) bond motifs is 1. The number of hydrogen-bond donors (Lipinski definition) is 1. The molecule has 0 unspecified atom stereocenters. The van der Waals surface area contributed by atoms with Crippen LogP contribution in [0.5, 0.6) is 0 Å². The van der Waals surface area contributed by atoms with E-state index in [2.05, 4.69) is 10.1 Å². The highest BCUT2D eigenvalue weighted by Gasteiger charge is 2.17. The summed E-state index contributed by atoms with van der Waals surface area (Å²) in [5, 5.41) is 4.20. The molecule has 7 heteroatoms. The van der Waals surface area contributed by atoms with Gasteiger partial charge in [-0.2, -0.15) is 0 Å². The monoisotopic (exact) mass is 398 g/mol. The van der Waals surface area contributed by atoms with Crippen molar-refractivity contribution < 1.29 is 0 Å².